The van der Waals surface area contributed by atoms with E-state index >= 15 is 0 Å². The molecule has 3 N–H and O–H groups in total. The summed E-state index contributed by atoms with van der Waals surface area (Å²) >= 11 is 0. The fraction of sp³-hybridized carbons (Fsp3) is 0.815. The number of nitriles is 1. The topological polar surface area (TPSA) is 131 Å². The molecule has 2 heterocycles. The number of likely N-dealkylation sites (tertiary alicyclic amines) is 1. The molecule has 2 saturated heterocycles. The number of nitrogens with one attached hydrogen (secondary N) is 3. The molecule has 2 saturated carbocycles. The monoisotopic (exact) mass is 553 g/mol. The molecule has 9 nitrogen and oxygen atoms in total. The molecule has 0 aromatic carbocycles. The van der Waals surface area contributed by atoms with Crippen LogP contribution in [0.15, 0.2) is 0 Å². The van der Waals surface area contributed by atoms with Crippen molar-refractivity contribution in [3.05, 3.63) is 0 Å². The summed E-state index contributed by atoms with van der Waals surface area (Å²) in [5, 5.41) is 17.3. The molecule has 0 radical (unpaired) electrons. The standard InChI is InChI=1S/C27H38F3N5O4/c1-25(2,3)20(33-24(39)27(28,29)30)23(38)35-14-17(15-6-4-5-7-15)11-19(35)22(37)32-18(13-31)10-16-12-26(8-9-26)34-21(16)36/h15-20H,4-12,14H2,1-3H3,(H,32,37)(H,33,39)(H,34,36)/t16-,17-,18+,19+,20-/m1/s1. The third-order valence-electron chi connectivity index (χ3n) is 8.87. The highest BCUT2D eigenvalue weighted by molar-refractivity contribution is 5.94. The maximum Gasteiger partial charge on any atom is 0.471 e. The van der Waals surface area contributed by atoms with Gasteiger partial charge in [0.25, 0.3) is 0 Å². The van der Waals surface area contributed by atoms with E-state index in [9.17, 15) is 37.6 Å². The van der Waals surface area contributed by atoms with Gasteiger partial charge in [0.1, 0.15) is 18.1 Å². The largest absolute Gasteiger partial charge is 0.471 e. The number of hydrogen-bond acceptors (Lipinski definition) is 5. The van der Waals surface area contributed by atoms with Crippen LogP contribution in [0, 0.1) is 34.5 Å². The van der Waals surface area contributed by atoms with Gasteiger partial charge in [-0.15, -0.1) is 0 Å². The number of hydrogen-bond donors (Lipinski definition) is 3. The Bertz CT molecular complexity index is 1040. The van der Waals surface area contributed by atoms with Gasteiger partial charge < -0.3 is 20.9 Å². The molecule has 5 atom stereocenters. The summed E-state index contributed by atoms with van der Waals surface area (Å²) in [6.45, 7) is 4.85. The normalized spacial score (nSPS) is 28.1. The van der Waals surface area contributed by atoms with Crippen LogP contribution in [-0.2, 0) is 19.2 Å². The van der Waals surface area contributed by atoms with E-state index in [4.69, 9.17) is 0 Å². The maximum absolute atomic E-state index is 13.7. The zero-order valence-electron chi connectivity index (χ0n) is 22.7. The average Bonchev–Trinajstić information content (AvgIpc) is 3.22. The highest BCUT2D eigenvalue weighted by Gasteiger charge is 2.53. The van der Waals surface area contributed by atoms with Gasteiger partial charge in [-0.2, -0.15) is 18.4 Å². The van der Waals surface area contributed by atoms with Gasteiger partial charge in [-0.1, -0.05) is 46.5 Å². The van der Waals surface area contributed by atoms with Crippen LogP contribution in [0.2, 0.25) is 0 Å². The molecule has 4 fully saturated rings. The van der Waals surface area contributed by atoms with Gasteiger partial charge in [-0.3, -0.25) is 19.2 Å². The van der Waals surface area contributed by atoms with Gasteiger partial charge in [-0.05, 0) is 49.4 Å². The van der Waals surface area contributed by atoms with Gasteiger partial charge in [0, 0.05) is 18.0 Å². The summed E-state index contributed by atoms with van der Waals surface area (Å²) in [6.07, 6.45) is 1.72. The molecule has 0 unspecified atom stereocenters. The van der Waals surface area contributed by atoms with Gasteiger partial charge in [0.2, 0.25) is 17.7 Å². The summed E-state index contributed by atoms with van der Waals surface area (Å²) in [5.41, 5.74) is -1.23. The Morgan fingerprint density at radius 3 is 2.28 bits per heavy atom. The van der Waals surface area contributed by atoms with Gasteiger partial charge in [0.15, 0.2) is 0 Å². The summed E-state index contributed by atoms with van der Waals surface area (Å²) < 4.78 is 39.2. The molecule has 39 heavy (non-hydrogen) atoms. The number of amides is 4. The Balaban J connectivity index is 1.51. The Kier molecular flexibility index (Phi) is 7.94. The molecule has 4 aliphatic rings. The van der Waals surface area contributed by atoms with Gasteiger partial charge in [-0.25, -0.2) is 0 Å². The zero-order chi connectivity index (χ0) is 28.8. The molecule has 216 valence electrons. The minimum atomic E-state index is -5.16. The predicted molar refractivity (Wildman–Crippen MR) is 133 cm³/mol. The maximum atomic E-state index is 13.7. The predicted octanol–water partition coefficient (Wildman–Crippen LogP) is 2.55. The molecule has 12 heteroatoms. The fourth-order valence-corrected chi connectivity index (χ4v) is 6.50. The quantitative estimate of drug-likeness (QED) is 0.446. The lowest BCUT2D eigenvalue weighted by molar-refractivity contribution is -0.176. The molecule has 4 amide bonds. The summed E-state index contributed by atoms with van der Waals surface area (Å²) in [4.78, 5) is 52.7. The first-order valence-electron chi connectivity index (χ1n) is 13.8. The number of nitrogens with zero attached hydrogens (tertiary/aromatic N) is 2. The SMILES string of the molecule is CC(C)(C)[C@H](NC(=O)C(F)(F)F)C(=O)N1C[C@H](C2CCCC2)C[C@H]1C(=O)N[C@H](C#N)C[C@@H]1CC2(CC2)NC1=O. The molecule has 2 aliphatic carbocycles. The number of alkyl halides is 3. The minimum absolute atomic E-state index is 0.0120. The first-order chi connectivity index (χ1) is 18.1. The van der Waals surface area contributed by atoms with Crippen LogP contribution in [0.4, 0.5) is 13.2 Å². The van der Waals surface area contributed by atoms with Crippen LogP contribution >= 0.6 is 0 Å². The number of carbonyl (C=O) groups excluding carboxylic acids is 4. The van der Waals surface area contributed by atoms with Crippen molar-refractivity contribution >= 4 is 23.6 Å². The lowest BCUT2D eigenvalue weighted by atomic mass is 9.85. The lowest BCUT2D eigenvalue weighted by Gasteiger charge is -2.35. The molecule has 0 aromatic rings. The Hall–Kier alpha value is -2.84. The van der Waals surface area contributed by atoms with E-state index in [1.54, 1.807) is 20.8 Å². The van der Waals surface area contributed by atoms with Crippen molar-refractivity contribution in [1.29, 1.82) is 5.26 Å². The van der Waals surface area contributed by atoms with Gasteiger partial charge >= 0.3 is 12.1 Å². The van der Waals surface area contributed by atoms with E-state index < -0.39 is 53.4 Å². The van der Waals surface area contributed by atoms with Crippen molar-refractivity contribution in [1.82, 2.24) is 20.9 Å². The van der Waals surface area contributed by atoms with E-state index in [-0.39, 0.29) is 30.3 Å². The van der Waals surface area contributed by atoms with E-state index in [0.717, 1.165) is 38.5 Å². The minimum Gasteiger partial charge on any atom is -0.350 e. The molecule has 1 spiro atoms. The van der Waals surface area contributed by atoms with Crippen molar-refractivity contribution in [2.45, 2.75) is 108 Å². The van der Waals surface area contributed by atoms with Crippen LogP contribution in [0.3, 0.4) is 0 Å². The van der Waals surface area contributed by atoms with Crippen molar-refractivity contribution in [3.8, 4) is 6.07 Å². The van der Waals surface area contributed by atoms with Crippen LogP contribution < -0.4 is 16.0 Å². The van der Waals surface area contributed by atoms with Crippen LogP contribution in [0.25, 0.3) is 0 Å². The Morgan fingerprint density at radius 2 is 1.77 bits per heavy atom. The van der Waals surface area contributed by atoms with Crippen molar-refractivity contribution in [2.75, 3.05) is 6.54 Å². The molecular weight excluding hydrogens is 515 g/mol. The molecule has 4 rings (SSSR count). The van der Waals surface area contributed by atoms with E-state index in [1.807, 2.05) is 5.32 Å². The van der Waals surface area contributed by atoms with Crippen molar-refractivity contribution in [3.63, 3.8) is 0 Å². The second-order valence-electron chi connectivity index (χ2n) is 12.9. The first-order valence-corrected chi connectivity index (χ1v) is 13.8. The first kappa shape index (κ1) is 29.2. The number of rotatable bonds is 7. The smallest absolute Gasteiger partial charge is 0.350 e. The highest BCUT2D eigenvalue weighted by Crippen LogP contribution is 2.46. The fourth-order valence-electron chi connectivity index (χ4n) is 6.50. The molecule has 2 aliphatic heterocycles. The second-order valence-corrected chi connectivity index (χ2v) is 12.9. The summed E-state index contributed by atoms with van der Waals surface area (Å²) in [6, 6.07) is -1.39. The van der Waals surface area contributed by atoms with Crippen molar-refractivity contribution < 1.29 is 32.3 Å². The molecule has 0 bridgehead atoms. The summed E-state index contributed by atoms with van der Waals surface area (Å²) in [5.74, 6) is -3.77. The van der Waals surface area contributed by atoms with E-state index in [0.29, 0.717) is 18.8 Å². The zero-order valence-corrected chi connectivity index (χ0v) is 22.7. The van der Waals surface area contributed by atoms with E-state index in [1.165, 1.54) is 4.90 Å². The highest BCUT2D eigenvalue weighted by atomic mass is 19.4. The number of halogens is 3. The third kappa shape index (κ3) is 6.49. The lowest BCUT2D eigenvalue weighted by Crippen LogP contribution is -2.59. The third-order valence-corrected chi connectivity index (χ3v) is 8.87. The van der Waals surface area contributed by atoms with Crippen LogP contribution in [0.5, 0.6) is 0 Å². The molecular formula is C27H38F3N5O4. The number of carbonyl (C=O) groups is 4. The van der Waals surface area contributed by atoms with E-state index in [2.05, 4.69) is 16.7 Å². The van der Waals surface area contributed by atoms with Crippen molar-refractivity contribution in [2.24, 2.45) is 23.2 Å². The molecule has 0 aromatic heterocycles. The Labute approximate surface area is 226 Å². The Morgan fingerprint density at radius 1 is 1.13 bits per heavy atom. The van der Waals surface area contributed by atoms with Gasteiger partial charge in [0.05, 0.1) is 6.07 Å². The van der Waals surface area contributed by atoms with Crippen LogP contribution in [0.1, 0.15) is 78.6 Å². The average molecular weight is 554 g/mol. The summed E-state index contributed by atoms with van der Waals surface area (Å²) in [7, 11) is 0. The van der Waals surface area contributed by atoms with Crippen LogP contribution in [-0.4, -0.2) is 64.9 Å². The second kappa shape index (κ2) is 10.6.